The van der Waals surface area contributed by atoms with Crippen LogP contribution in [0.15, 0.2) is 0 Å². The molecule has 0 bridgehead atoms. The molecule has 0 aliphatic carbocycles. The van der Waals surface area contributed by atoms with Gasteiger partial charge in [0.2, 0.25) is 0 Å². The maximum absolute atomic E-state index is 8.38. The SMILES string of the molecule is [O]=[Fe].[O]=[Mn].[O]=[Zn]. The molecule has 0 aromatic heterocycles. The summed E-state index contributed by atoms with van der Waals surface area (Å²) in [5.74, 6) is 0. The topological polar surface area (TPSA) is 51.2 Å². The van der Waals surface area contributed by atoms with Crippen molar-refractivity contribution in [2.24, 2.45) is 0 Å². The summed E-state index contributed by atoms with van der Waals surface area (Å²) in [6, 6.07) is 0. The predicted octanol–water partition coefficient (Wildman–Crippen LogP) is -0.364. The van der Waals surface area contributed by atoms with Gasteiger partial charge in [-0.1, -0.05) is 0 Å². The first-order valence-electron chi connectivity index (χ1n) is 0.587. The molecule has 0 heterocycles. The molecular formula is FeMnO3Zn. The second-order valence-electron chi connectivity index (χ2n) is 0. The van der Waals surface area contributed by atoms with Crippen LogP contribution in [0.4, 0.5) is 0 Å². The van der Waals surface area contributed by atoms with Crippen molar-refractivity contribution in [1.82, 2.24) is 0 Å². The molecule has 35 valence electrons. The van der Waals surface area contributed by atoms with Gasteiger partial charge in [0.1, 0.15) is 0 Å². The molecule has 0 spiro atoms. The van der Waals surface area contributed by atoms with Gasteiger partial charge in [-0.3, -0.25) is 0 Å². The van der Waals surface area contributed by atoms with Crippen molar-refractivity contribution >= 4 is 0 Å². The second kappa shape index (κ2) is 138. The fraction of sp³-hybridized carbons (Fsp3) is 0. The van der Waals surface area contributed by atoms with Crippen LogP contribution < -0.4 is 0 Å². The molecule has 0 atom stereocenters. The summed E-state index contributed by atoms with van der Waals surface area (Å²) in [5.41, 5.74) is 0. The van der Waals surface area contributed by atoms with Crippen LogP contribution in [-0.2, 0) is 61.4 Å². The van der Waals surface area contributed by atoms with Crippen LogP contribution in [0.5, 0.6) is 0 Å². The van der Waals surface area contributed by atoms with Gasteiger partial charge in [-0.25, -0.2) is 0 Å². The summed E-state index contributed by atoms with van der Waals surface area (Å²) in [6.45, 7) is 0. The molecule has 0 aliphatic heterocycles. The number of rotatable bonds is 0. The van der Waals surface area contributed by atoms with E-state index in [9.17, 15) is 0 Å². The Bertz CT molecular complexity index is 15.5. The summed E-state index contributed by atoms with van der Waals surface area (Å²) in [4.78, 5) is 0. The Labute approximate surface area is 61.2 Å². The predicted molar refractivity (Wildman–Crippen MR) is 2.06 cm³/mol. The standard InChI is InChI=1S/Fe.Mn.3O.Zn. The van der Waals surface area contributed by atoms with Gasteiger partial charge in [0.25, 0.3) is 0 Å². The molecule has 6 heavy (non-hydrogen) atoms. The zero-order valence-corrected chi connectivity index (χ0v) is 7.92. The molecule has 0 aromatic rings. The van der Waals surface area contributed by atoms with Crippen LogP contribution in [0.3, 0.4) is 0 Å². The van der Waals surface area contributed by atoms with Crippen LogP contribution in [0.1, 0.15) is 0 Å². The van der Waals surface area contributed by atoms with E-state index in [4.69, 9.17) is 11.2 Å². The van der Waals surface area contributed by atoms with Gasteiger partial charge in [0.15, 0.2) is 0 Å². The third-order valence-corrected chi connectivity index (χ3v) is 0. The van der Waals surface area contributed by atoms with Gasteiger partial charge in [-0.05, 0) is 0 Å². The van der Waals surface area contributed by atoms with Crippen molar-refractivity contribution in [2.45, 2.75) is 0 Å². The van der Waals surface area contributed by atoms with Gasteiger partial charge in [-0.2, -0.15) is 0 Å². The Morgan fingerprint density at radius 1 is 1.17 bits per heavy atom. The van der Waals surface area contributed by atoms with Crippen LogP contribution >= 0.6 is 0 Å². The Balaban J connectivity index is -0.0000000225. The Morgan fingerprint density at radius 3 is 1.17 bits per heavy atom. The molecule has 0 radical (unpaired) electrons. The molecule has 0 fully saturated rings. The average molecular weight is 224 g/mol. The molecule has 0 rings (SSSR count). The van der Waals surface area contributed by atoms with E-state index < -0.39 is 0 Å². The van der Waals surface area contributed by atoms with Crippen molar-refractivity contribution in [3.63, 3.8) is 0 Å². The van der Waals surface area contributed by atoms with Crippen LogP contribution in [0.25, 0.3) is 0 Å². The van der Waals surface area contributed by atoms with E-state index in [0.29, 0.717) is 0 Å². The minimum atomic E-state index is 0.125. The Kier molecular flexibility index (Phi) is 361. The normalized spacial score (nSPS) is 2.50. The van der Waals surface area contributed by atoms with Crippen molar-refractivity contribution in [2.75, 3.05) is 0 Å². The molecule has 0 amide bonds. The number of hydrogen-bond donors (Lipinski definition) is 0. The third-order valence-electron chi connectivity index (χ3n) is 0. The zero-order valence-electron chi connectivity index (χ0n) is 2.66. The quantitative estimate of drug-likeness (QED) is 0.528. The third kappa shape index (κ3) is 74.0. The molecule has 0 unspecified atom stereocenters. The first-order valence-corrected chi connectivity index (χ1v) is 2.73. The second-order valence-corrected chi connectivity index (χ2v) is 0. The van der Waals surface area contributed by atoms with Gasteiger partial charge in [-0.15, -0.1) is 0 Å². The maximum atomic E-state index is 8.38. The monoisotopic (exact) mass is 223 g/mol. The van der Waals surface area contributed by atoms with E-state index in [2.05, 4.69) is 0 Å². The van der Waals surface area contributed by atoms with Crippen molar-refractivity contribution in [3.05, 3.63) is 0 Å². The van der Waals surface area contributed by atoms with Crippen molar-refractivity contribution in [3.8, 4) is 0 Å². The summed E-state index contributed by atoms with van der Waals surface area (Å²) >= 11 is 3.81. The van der Waals surface area contributed by atoms with E-state index in [1.165, 1.54) is 0 Å². The first kappa shape index (κ1) is 15.7. The van der Waals surface area contributed by atoms with Gasteiger partial charge in [0, 0.05) is 0 Å². The van der Waals surface area contributed by atoms with Gasteiger partial charge in [0.05, 0.1) is 0 Å². The fourth-order valence-electron chi connectivity index (χ4n) is 0. The van der Waals surface area contributed by atoms with Crippen LogP contribution in [0, 0.1) is 0 Å². The van der Waals surface area contributed by atoms with Crippen LogP contribution in [-0.4, -0.2) is 0 Å². The first-order chi connectivity index (χ1) is 3.00. The van der Waals surface area contributed by atoms with E-state index in [-0.39, 0.29) is 18.3 Å². The fourth-order valence-corrected chi connectivity index (χ4v) is 0. The summed E-state index contributed by atoms with van der Waals surface area (Å²) in [7, 11) is 0. The van der Waals surface area contributed by atoms with Crippen molar-refractivity contribution < 1.29 is 61.4 Å². The van der Waals surface area contributed by atoms with Gasteiger partial charge < -0.3 is 0 Å². The zero-order chi connectivity index (χ0) is 6.00. The number of hydrogen-bond acceptors (Lipinski definition) is 3. The Hall–Kier alpha value is 1.06. The van der Waals surface area contributed by atoms with Crippen molar-refractivity contribution in [1.29, 1.82) is 0 Å². The molecule has 0 saturated heterocycles. The van der Waals surface area contributed by atoms with E-state index in [1.807, 2.05) is 15.9 Å². The molecule has 6 heteroatoms. The van der Waals surface area contributed by atoms with E-state index >= 15 is 0 Å². The average Bonchev–Trinajstić information content (AvgIpc) is 1.81. The molecule has 0 aromatic carbocycles. The summed E-state index contributed by atoms with van der Waals surface area (Å²) in [6.07, 6.45) is 0. The van der Waals surface area contributed by atoms with Gasteiger partial charge >= 0.3 is 61.4 Å². The minimum absolute atomic E-state index is 0.125. The molecular weight excluding hydrogens is 224 g/mol. The summed E-state index contributed by atoms with van der Waals surface area (Å²) in [5, 5.41) is 0. The molecule has 0 aliphatic rings. The van der Waals surface area contributed by atoms with Crippen LogP contribution in [0.2, 0.25) is 0 Å². The molecule has 3 nitrogen and oxygen atoms in total. The molecule has 0 saturated carbocycles. The molecule has 0 N–H and O–H groups in total. The van der Waals surface area contributed by atoms with E-state index in [0.717, 1.165) is 0 Å². The van der Waals surface area contributed by atoms with E-state index in [1.54, 1.807) is 15.9 Å². The Morgan fingerprint density at radius 2 is 1.17 bits per heavy atom. The summed E-state index contributed by atoms with van der Waals surface area (Å²) < 4.78 is 24.4.